The molecule has 2 aromatic rings. The van der Waals surface area contributed by atoms with E-state index in [1.807, 2.05) is 36.4 Å². The van der Waals surface area contributed by atoms with E-state index in [1.54, 1.807) is 0 Å². The van der Waals surface area contributed by atoms with Gasteiger partial charge in [-0.2, -0.15) is 0 Å². The molecule has 2 aliphatic rings. The second-order valence-corrected chi connectivity index (χ2v) is 5.93. The smallest absolute Gasteiger partial charge is 0.228 e. The van der Waals surface area contributed by atoms with Gasteiger partial charge < -0.3 is 10.1 Å². The van der Waals surface area contributed by atoms with Crippen LogP contribution in [-0.4, -0.2) is 12.0 Å². The molecule has 1 N–H and O–H groups in total. The molecule has 4 rings (SSSR count). The number of carbonyl (C=O) groups excluding carboxylic acids is 1. The fourth-order valence-electron chi connectivity index (χ4n) is 2.63. The molecule has 1 heterocycles. The topological polar surface area (TPSA) is 38.3 Å². The lowest BCUT2D eigenvalue weighted by atomic mass is 10.0. The first-order valence-electron chi connectivity index (χ1n) is 7.09. The highest BCUT2D eigenvalue weighted by molar-refractivity contribution is 6.33. The Morgan fingerprint density at radius 2 is 2.05 bits per heavy atom. The predicted octanol–water partition coefficient (Wildman–Crippen LogP) is 4.04. The van der Waals surface area contributed by atoms with Crippen molar-refractivity contribution in [2.75, 3.05) is 5.32 Å². The summed E-state index contributed by atoms with van der Waals surface area (Å²) in [4.78, 5) is 11.5. The summed E-state index contributed by atoms with van der Waals surface area (Å²) >= 11 is 6.38. The molecule has 21 heavy (non-hydrogen) atoms. The van der Waals surface area contributed by atoms with Crippen LogP contribution < -0.4 is 10.1 Å². The van der Waals surface area contributed by atoms with Crippen LogP contribution in [0.3, 0.4) is 0 Å². The van der Waals surface area contributed by atoms with Crippen molar-refractivity contribution in [1.29, 1.82) is 0 Å². The number of halogens is 1. The van der Waals surface area contributed by atoms with Gasteiger partial charge in [-0.25, -0.2) is 0 Å². The molecule has 1 aliphatic carbocycles. The van der Waals surface area contributed by atoms with E-state index < -0.39 is 0 Å². The second-order valence-electron chi connectivity index (χ2n) is 5.53. The number of hydrogen-bond donors (Lipinski definition) is 1. The third-order valence-electron chi connectivity index (χ3n) is 3.81. The summed E-state index contributed by atoms with van der Waals surface area (Å²) in [6.45, 7) is 0. The Hall–Kier alpha value is -2.00. The van der Waals surface area contributed by atoms with Gasteiger partial charge in [0.15, 0.2) is 0 Å². The van der Waals surface area contributed by atoms with Crippen LogP contribution in [0.2, 0.25) is 5.02 Å². The normalized spacial score (nSPS) is 16.5. The molecule has 2 aromatic carbocycles. The maximum Gasteiger partial charge on any atom is 0.228 e. The minimum atomic E-state index is 0.0377. The Bertz CT molecular complexity index is 738. The molecule has 0 unspecified atom stereocenters. The average Bonchev–Trinajstić information content (AvgIpc) is 3.17. The van der Waals surface area contributed by atoms with Gasteiger partial charge >= 0.3 is 0 Å². The molecule has 0 atom stereocenters. The minimum Gasteiger partial charge on any atom is -0.490 e. The lowest BCUT2D eigenvalue weighted by Gasteiger charge is -2.13. The Labute approximate surface area is 127 Å². The van der Waals surface area contributed by atoms with Gasteiger partial charge in [-0.1, -0.05) is 23.7 Å². The second kappa shape index (κ2) is 4.78. The number of amides is 1. The first-order chi connectivity index (χ1) is 10.2. The van der Waals surface area contributed by atoms with E-state index in [0.717, 1.165) is 41.0 Å². The maximum atomic E-state index is 11.5. The number of nitrogens with one attached hydrogen (secondary N) is 1. The van der Waals surface area contributed by atoms with Crippen LogP contribution in [0, 0.1) is 0 Å². The summed E-state index contributed by atoms with van der Waals surface area (Å²) < 4.78 is 5.97. The number of anilines is 1. The van der Waals surface area contributed by atoms with Gasteiger partial charge in [-0.3, -0.25) is 4.79 Å². The number of benzene rings is 2. The Morgan fingerprint density at radius 3 is 2.86 bits per heavy atom. The molecule has 1 amide bonds. The van der Waals surface area contributed by atoms with Crippen LogP contribution in [0.4, 0.5) is 5.69 Å². The van der Waals surface area contributed by atoms with Crippen molar-refractivity contribution in [3.63, 3.8) is 0 Å². The van der Waals surface area contributed by atoms with Gasteiger partial charge in [-0.15, -0.1) is 0 Å². The number of ether oxygens (including phenoxy) is 1. The van der Waals surface area contributed by atoms with Crippen LogP contribution >= 0.6 is 11.6 Å². The van der Waals surface area contributed by atoms with E-state index >= 15 is 0 Å². The SMILES string of the molecule is O=C1Cc2cc(-c3c(Cl)cccc3OC3CC3)ccc2N1. The van der Waals surface area contributed by atoms with Crippen LogP contribution in [-0.2, 0) is 11.2 Å². The summed E-state index contributed by atoms with van der Waals surface area (Å²) in [7, 11) is 0. The summed E-state index contributed by atoms with van der Waals surface area (Å²) in [5.41, 5.74) is 3.80. The molecule has 4 heteroatoms. The van der Waals surface area contributed by atoms with Crippen LogP contribution in [0.1, 0.15) is 18.4 Å². The van der Waals surface area contributed by atoms with Crippen molar-refractivity contribution >= 4 is 23.2 Å². The number of hydrogen-bond acceptors (Lipinski definition) is 2. The molecule has 1 fully saturated rings. The lowest BCUT2D eigenvalue weighted by Crippen LogP contribution is -2.03. The zero-order chi connectivity index (χ0) is 14.4. The van der Waals surface area contributed by atoms with Gasteiger partial charge in [0, 0.05) is 11.3 Å². The summed E-state index contributed by atoms with van der Waals surface area (Å²) in [5.74, 6) is 0.859. The highest BCUT2D eigenvalue weighted by atomic mass is 35.5. The fraction of sp³-hybridized carbons (Fsp3) is 0.235. The van der Waals surface area contributed by atoms with E-state index in [1.165, 1.54) is 0 Å². The van der Waals surface area contributed by atoms with E-state index in [2.05, 4.69) is 5.32 Å². The van der Waals surface area contributed by atoms with Crippen molar-refractivity contribution in [3.05, 3.63) is 47.0 Å². The molecule has 106 valence electrons. The largest absolute Gasteiger partial charge is 0.490 e. The zero-order valence-corrected chi connectivity index (χ0v) is 12.1. The Balaban J connectivity index is 1.79. The molecular formula is C17H14ClNO2. The highest BCUT2D eigenvalue weighted by Gasteiger charge is 2.26. The Kier molecular flexibility index (Phi) is 2.89. The van der Waals surface area contributed by atoms with Crippen molar-refractivity contribution in [3.8, 4) is 16.9 Å². The quantitative estimate of drug-likeness (QED) is 0.929. The molecule has 3 nitrogen and oxygen atoms in total. The zero-order valence-electron chi connectivity index (χ0n) is 11.4. The summed E-state index contributed by atoms with van der Waals surface area (Å²) in [6, 6.07) is 11.7. The first-order valence-corrected chi connectivity index (χ1v) is 7.47. The van der Waals surface area contributed by atoms with Gasteiger partial charge in [0.25, 0.3) is 0 Å². The number of rotatable bonds is 3. The van der Waals surface area contributed by atoms with Gasteiger partial charge in [0.05, 0.1) is 17.5 Å². The first kappa shape index (κ1) is 12.7. The predicted molar refractivity (Wildman–Crippen MR) is 82.9 cm³/mol. The van der Waals surface area contributed by atoms with Crippen molar-refractivity contribution < 1.29 is 9.53 Å². The molecule has 1 saturated carbocycles. The minimum absolute atomic E-state index is 0.0377. The van der Waals surface area contributed by atoms with E-state index in [-0.39, 0.29) is 5.91 Å². The third kappa shape index (κ3) is 2.38. The van der Waals surface area contributed by atoms with Gasteiger partial charge in [0.2, 0.25) is 5.91 Å². The van der Waals surface area contributed by atoms with Crippen LogP contribution in [0.15, 0.2) is 36.4 Å². The number of carbonyl (C=O) groups is 1. The van der Waals surface area contributed by atoms with Crippen molar-refractivity contribution in [2.45, 2.75) is 25.4 Å². The monoisotopic (exact) mass is 299 g/mol. The van der Waals surface area contributed by atoms with Crippen molar-refractivity contribution in [2.24, 2.45) is 0 Å². The van der Waals surface area contributed by atoms with Crippen LogP contribution in [0.25, 0.3) is 11.1 Å². The number of fused-ring (bicyclic) bond motifs is 1. The van der Waals surface area contributed by atoms with Crippen molar-refractivity contribution in [1.82, 2.24) is 0 Å². The molecule has 0 bridgehead atoms. The summed E-state index contributed by atoms with van der Waals surface area (Å²) in [6.07, 6.45) is 2.95. The molecule has 0 radical (unpaired) electrons. The standard InChI is InChI=1S/C17H14ClNO2/c18-13-2-1-3-15(21-12-5-6-12)17(13)10-4-7-14-11(8-10)9-16(20)19-14/h1-4,7-8,12H,5-6,9H2,(H,19,20). The molecule has 0 saturated heterocycles. The maximum absolute atomic E-state index is 11.5. The average molecular weight is 300 g/mol. The molecule has 1 aliphatic heterocycles. The van der Waals surface area contributed by atoms with E-state index in [9.17, 15) is 4.79 Å². The molecule has 0 aromatic heterocycles. The molecule has 0 spiro atoms. The fourth-order valence-corrected chi connectivity index (χ4v) is 2.91. The third-order valence-corrected chi connectivity index (χ3v) is 4.13. The molecular weight excluding hydrogens is 286 g/mol. The van der Waals surface area contributed by atoms with E-state index in [4.69, 9.17) is 16.3 Å². The summed E-state index contributed by atoms with van der Waals surface area (Å²) in [5, 5.41) is 3.52. The Morgan fingerprint density at radius 1 is 1.19 bits per heavy atom. The van der Waals surface area contributed by atoms with Gasteiger partial charge in [0.1, 0.15) is 5.75 Å². The van der Waals surface area contributed by atoms with E-state index in [0.29, 0.717) is 17.5 Å². The van der Waals surface area contributed by atoms with Crippen LogP contribution in [0.5, 0.6) is 5.75 Å². The highest BCUT2D eigenvalue weighted by Crippen LogP contribution is 2.41. The van der Waals surface area contributed by atoms with Gasteiger partial charge in [-0.05, 0) is 48.2 Å². The lowest BCUT2D eigenvalue weighted by molar-refractivity contribution is -0.115.